The van der Waals surface area contributed by atoms with Crippen molar-refractivity contribution in [2.24, 2.45) is 0 Å². The van der Waals surface area contributed by atoms with Gasteiger partial charge in [0, 0.05) is 0 Å². The topological polar surface area (TPSA) is 9.23 Å². The van der Waals surface area contributed by atoms with Gasteiger partial charge in [0.2, 0.25) is 0 Å². The summed E-state index contributed by atoms with van der Waals surface area (Å²) < 4.78 is 15.8. The minimum absolute atomic E-state index is 0.325. The third kappa shape index (κ3) is 5.89. The van der Waals surface area contributed by atoms with E-state index >= 15 is 0 Å². The molecule has 0 atom stereocenters. The van der Waals surface area contributed by atoms with Crippen LogP contribution in [0.4, 0.5) is 4.39 Å². The van der Waals surface area contributed by atoms with E-state index in [-0.39, 0.29) is 5.60 Å². The zero-order valence-corrected chi connectivity index (χ0v) is 4.99. The molecule has 0 bridgehead atoms. The summed E-state index contributed by atoms with van der Waals surface area (Å²) in [4.78, 5) is 0. The SMILES string of the molecule is CC(C)(C)OCF. The molecule has 0 saturated heterocycles. The summed E-state index contributed by atoms with van der Waals surface area (Å²) in [7, 11) is 0. The molecule has 0 aromatic heterocycles. The zero-order valence-electron chi connectivity index (χ0n) is 4.99. The first-order valence-corrected chi connectivity index (χ1v) is 2.26. The maximum atomic E-state index is 11.3. The number of rotatable bonds is 1. The van der Waals surface area contributed by atoms with Crippen LogP contribution >= 0.6 is 0 Å². The van der Waals surface area contributed by atoms with Crippen LogP contribution in [-0.2, 0) is 4.74 Å². The lowest BCUT2D eigenvalue weighted by Crippen LogP contribution is -2.17. The highest BCUT2D eigenvalue weighted by Gasteiger charge is 2.07. The van der Waals surface area contributed by atoms with Gasteiger partial charge in [0.1, 0.15) is 0 Å². The predicted octanol–water partition coefficient (Wildman–Crippen LogP) is 1.73. The second kappa shape index (κ2) is 2.26. The van der Waals surface area contributed by atoms with Gasteiger partial charge in [-0.3, -0.25) is 0 Å². The highest BCUT2D eigenvalue weighted by atomic mass is 19.1. The molecule has 0 unspecified atom stereocenters. The van der Waals surface area contributed by atoms with Crippen molar-refractivity contribution >= 4 is 0 Å². The Hall–Kier alpha value is -0.110. The van der Waals surface area contributed by atoms with Crippen LogP contribution in [0.25, 0.3) is 0 Å². The van der Waals surface area contributed by atoms with Crippen molar-refractivity contribution < 1.29 is 9.13 Å². The van der Waals surface area contributed by atoms with Gasteiger partial charge < -0.3 is 4.74 Å². The molecule has 0 radical (unpaired) electrons. The summed E-state index contributed by atoms with van der Waals surface area (Å²) in [5.41, 5.74) is -0.325. The number of alkyl halides is 1. The average molecular weight is 106 g/mol. The van der Waals surface area contributed by atoms with E-state index in [0.717, 1.165) is 0 Å². The minimum Gasteiger partial charge on any atom is -0.345 e. The summed E-state index contributed by atoms with van der Waals surface area (Å²) in [5.74, 6) is 0. The number of hydrogen-bond donors (Lipinski definition) is 0. The standard InChI is InChI=1S/C5H11FO/c1-5(2,3)7-4-6/h4H2,1-3H3. The first-order valence-electron chi connectivity index (χ1n) is 2.26. The Balaban J connectivity index is 3.15. The molecule has 0 fully saturated rings. The van der Waals surface area contributed by atoms with Gasteiger partial charge in [0.05, 0.1) is 5.60 Å². The molecule has 0 saturated carbocycles. The van der Waals surface area contributed by atoms with Crippen LogP contribution in [0.3, 0.4) is 0 Å². The van der Waals surface area contributed by atoms with Gasteiger partial charge in [-0.05, 0) is 20.8 Å². The fourth-order valence-corrected chi connectivity index (χ4v) is 0.164. The normalized spacial score (nSPS) is 12.0. The summed E-state index contributed by atoms with van der Waals surface area (Å²) in [5, 5.41) is 0. The van der Waals surface area contributed by atoms with E-state index in [1.165, 1.54) is 0 Å². The summed E-state index contributed by atoms with van der Waals surface area (Å²) >= 11 is 0. The summed E-state index contributed by atoms with van der Waals surface area (Å²) in [6, 6.07) is 0. The second-order valence-electron chi connectivity index (χ2n) is 2.37. The molecule has 44 valence electrons. The molecule has 0 heterocycles. The Labute approximate surface area is 43.5 Å². The first kappa shape index (κ1) is 6.89. The molecule has 0 rings (SSSR count). The first-order chi connectivity index (χ1) is 3.06. The number of ether oxygens (including phenoxy) is 1. The van der Waals surface area contributed by atoms with Gasteiger partial charge in [-0.15, -0.1) is 0 Å². The van der Waals surface area contributed by atoms with Crippen molar-refractivity contribution in [3.63, 3.8) is 0 Å². The van der Waals surface area contributed by atoms with Crippen LogP contribution in [-0.4, -0.2) is 12.5 Å². The molecular weight excluding hydrogens is 95.1 g/mol. The zero-order chi connectivity index (χ0) is 5.91. The smallest absolute Gasteiger partial charge is 0.188 e. The molecule has 0 spiro atoms. The summed E-state index contributed by atoms with van der Waals surface area (Å²) in [6.45, 7) is 4.75. The molecule has 0 amide bonds. The highest BCUT2D eigenvalue weighted by molar-refractivity contribution is 4.55. The highest BCUT2D eigenvalue weighted by Crippen LogP contribution is 2.05. The van der Waals surface area contributed by atoms with E-state index in [4.69, 9.17) is 0 Å². The van der Waals surface area contributed by atoms with Crippen LogP contribution in [0, 0.1) is 0 Å². The van der Waals surface area contributed by atoms with Gasteiger partial charge in [-0.25, -0.2) is 4.39 Å². The van der Waals surface area contributed by atoms with E-state index < -0.39 is 6.86 Å². The quantitative estimate of drug-likeness (QED) is 0.494. The van der Waals surface area contributed by atoms with Crippen molar-refractivity contribution in [3.8, 4) is 0 Å². The third-order valence-electron chi connectivity index (χ3n) is 0.488. The molecule has 0 aliphatic carbocycles. The fourth-order valence-electron chi connectivity index (χ4n) is 0.164. The molecule has 7 heavy (non-hydrogen) atoms. The fraction of sp³-hybridized carbons (Fsp3) is 1.00. The van der Waals surface area contributed by atoms with Gasteiger partial charge in [-0.1, -0.05) is 0 Å². The van der Waals surface area contributed by atoms with Crippen molar-refractivity contribution in [2.45, 2.75) is 26.4 Å². The van der Waals surface area contributed by atoms with E-state index in [9.17, 15) is 4.39 Å². The molecule has 0 aromatic rings. The lowest BCUT2D eigenvalue weighted by molar-refractivity contribution is -0.0503. The Morgan fingerprint density at radius 2 is 1.86 bits per heavy atom. The number of hydrogen-bond acceptors (Lipinski definition) is 1. The van der Waals surface area contributed by atoms with E-state index in [1.807, 2.05) is 20.8 Å². The molecule has 2 heteroatoms. The number of halogens is 1. The van der Waals surface area contributed by atoms with Crippen molar-refractivity contribution in [3.05, 3.63) is 0 Å². The van der Waals surface area contributed by atoms with Crippen LogP contribution < -0.4 is 0 Å². The Morgan fingerprint density at radius 1 is 1.43 bits per heavy atom. The second-order valence-corrected chi connectivity index (χ2v) is 2.37. The van der Waals surface area contributed by atoms with Crippen LogP contribution in [0.5, 0.6) is 0 Å². The van der Waals surface area contributed by atoms with E-state index in [0.29, 0.717) is 0 Å². The predicted molar refractivity (Wildman–Crippen MR) is 26.8 cm³/mol. The summed E-state index contributed by atoms with van der Waals surface area (Å²) in [6.07, 6.45) is 0. The van der Waals surface area contributed by atoms with Crippen molar-refractivity contribution in [1.29, 1.82) is 0 Å². The monoisotopic (exact) mass is 106 g/mol. The molecule has 0 aromatic carbocycles. The Bertz CT molecular complexity index is 46.5. The largest absolute Gasteiger partial charge is 0.345 e. The van der Waals surface area contributed by atoms with Gasteiger partial charge in [0.25, 0.3) is 0 Å². The molecular formula is C5H11FO. The Kier molecular flexibility index (Phi) is 2.23. The Morgan fingerprint density at radius 3 is 1.86 bits per heavy atom. The van der Waals surface area contributed by atoms with E-state index in [1.54, 1.807) is 0 Å². The third-order valence-corrected chi connectivity index (χ3v) is 0.488. The molecule has 1 nitrogen and oxygen atoms in total. The van der Waals surface area contributed by atoms with Gasteiger partial charge in [-0.2, -0.15) is 0 Å². The molecule has 0 aliphatic heterocycles. The maximum absolute atomic E-state index is 11.3. The van der Waals surface area contributed by atoms with Crippen molar-refractivity contribution in [1.82, 2.24) is 0 Å². The van der Waals surface area contributed by atoms with Crippen LogP contribution in [0.15, 0.2) is 0 Å². The van der Waals surface area contributed by atoms with Crippen molar-refractivity contribution in [2.75, 3.05) is 6.86 Å². The van der Waals surface area contributed by atoms with Gasteiger partial charge >= 0.3 is 0 Å². The maximum Gasteiger partial charge on any atom is 0.188 e. The van der Waals surface area contributed by atoms with Gasteiger partial charge in [0.15, 0.2) is 6.86 Å². The van der Waals surface area contributed by atoms with Crippen LogP contribution in [0.1, 0.15) is 20.8 Å². The minimum atomic E-state index is -0.691. The van der Waals surface area contributed by atoms with Crippen LogP contribution in [0.2, 0.25) is 0 Å². The molecule has 0 N–H and O–H groups in total. The van der Waals surface area contributed by atoms with E-state index in [2.05, 4.69) is 4.74 Å². The lowest BCUT2D eigenvalue weighted by Gasteiger charge is -2.15. The molecule has 0 aliphatic rings. The average Bonchev–Trinajstić information content (AvgIpc) is 1.30. The lowest BCUT2D eigenvalue weighted by atomic mass is 10.2.